The Morgan fingerprint density at radius 1 is 1.06 bits per heavy atom. The number of hydrogen-bond acceptors (Lipinski definition) is 5. The number of carbonyl (C=O) groups is 1. The van der Waals surface area contributed by atoms with Crippen LogP contribution >= 0.6 is 0 Å². The van der Waals surface area contributed by atoms with Crippen molar-refractivity contribution in [3.05, 3.63) is 78.0 Å². The molecule has 0 aliphatic carbocycles. The molecule has 0 atom stereocenters. The third-order valence-corrected chi connectivity index (χ3v) is 5.49. The minimum absolute atomic E-state index is 0.0841. The molecule has 0 saturated carbocycles. The summed E-state index contributed by atoms with van der Waals surface area (Å²) in [5, 5.41) is 12.2. The number of benzene rings is 3. The first-order valence-electron chi connectivity index (χ1n) is 10.1. The quantitative estimate of drug-likeness (QED) is 0.344. The van der Waals surface area contributed by atoms with E-state index in [1.165, 1.54) is 24.3 Å². The van der Waals surface area contributed by atoms with Crippen LogP contribution in [0.3, 0.4) is 0 Å². The number of anilines is 2. The van der Waals surface area contributed by atoms with Crippen molar-refractivity contribution in [2.45, 2.75) is 0 Å². The first-order valence-corrected chi connectivity index (χ1v) is 12.0. The van der Waals surface area contributed by atoms with Gasteiger partial charge in [-0.1, -0.05) is 6.07 Å². The molecule has 4 rings (SSSR count). The number of halogens is 2. The van der Waals surface area contributed by atoms with Gasteiger partial charge in [0.1, 0.15) is 29.1 Å². The minimum Gasteiger partial charge on any atom is -0.479 e. The number of aromatic nitrogens is 1. The molecule has 0 saturated heterocycles. The van der Waals surface area contributed by atoms with Crippen LogP contribution in [0.1, 0.15) is 10.5 Å². The molecule has 8 nitrogen and oxygen atoms in total. The third-order valence-electron chi connectivity index (χ3n) is 4.88. The lowest BCUT2D eigenvalue weighted by Gasteiger charge is -2.11. The Hall–Kier alpha value is -4.43. The lowest BCUT2D eigenvalue weighted by Crippen LogP contribution is -2.12. The number of hydrogen-bond donors (Lipinski definition) is 3. The highest BCUT2D eigenvalue weighted by atomic mass is 32.2. The van der Waals surface area contributed by atoms with Gasteiger partial charge in [-0.15, -0.1) is 0 Å². The van der Waals surface area contributed by atoms with Gasteiger partial charge >= 0.3 is 0 Å². The van der Waals surface area contributed by atoms with Crippen LogP contribution in [0.4, 0.5) is 20.2 Å². The zero-order valence-corrected chi connectivity index (χ0v) is 19.0. The van der Waals surface area contributed by atoms with E-state index >= 15 is 0 Å². The van der Waals surface area contributed by atoms with Crippen molar-refractivity contribution in [1.82, 2.24) is 4.98 Å². The molecule has 3 N–H and O–H groups in total. The zero-order valence-electron chi connectivity index (χ0n) is 18.2. The second-order valence-corrected chi connectivity index (χ2v) is 9.38. The van der Waals surface area contributed by atoms with Crippen LogP contribution < -0.4 is 14.8 Å². The number of sulfonamides is 1. The molecule has 178 valence electrons. The van der Waals surface area contributed by atoms with Crippen molar-refractivity contribution < 1.29 is 26.7 Å². The lowest BCUT2D eigenvalue weighted by molar-refractivity contribution is 0.102. The van der Waals surface area contributed by atoms with Gasteiger partial charge in [0.2, 0.25) is 10.0 Å². The van der Waals surface area contributed by atoms with Gasteiger partial charge in [0.15, 0.2) is 6.61 Å². The number of carbonyl (C=O) groups excluding carboxylic acids is 1. The van der Waals surface area contributed by atoms with E-state index < -0.39 is 27.6 Å². The zero-order chi connectivity index (χ0) is 25.2. The fourth-order valence-corrected chi connectivity index (χ4v) is 4.03. The fourth-order valence-electron chi connectivity index (χ4n) is 3.47. The van der Waals surface area contributed by atoms with Crippen LogP contribution in [-0.2, 0) is 10.0 Å². The average molecular weight is 496 g/mol. The summed E-state index contributed by atoms with van der Waals surface area (Å²) < 4.78 is 58.3. The molecule has 1 aromatic heterocycles. The normalized spacial score (nSPS) is 11.1. The van der Waals surface area contributed by atoms with Crippen LogP contribution in [-0.4, -0.2) is 32.2 Å². The average Bonchev–Trinajstić information content (AvgIpc) is 3.20. The van der Waals surface area contributed by atoms with Gasteiger partial charge in [-0.25, -0.2) is 17.2 Å². The van der Waals surface area contributed by atoms with Crippen LogP contribution in [0.15, 0.2) is 60.7 Å². The first-order chi connectivity index (χ1) is 16.6. The maximum atomic E-state index is 14.4. The summed E-state index contributed by atoms with van der Waals surface area (Å²) in [4.78, 5) is 15.8. The summed E-state index contributed by atoms with van der Waals surface area (Å²) in [5.41, 5.74) is 1.70. The van der Waals surface area contributed by atoms with Crippen LogP contribution in [0.25, 0.3) is 22.0 Å². The highest BCUT2D eigenvalue weighted by Gasteiger charge is 2.14. The van der Waals surface area contributed by atoms with Crippen LogP contribution in [0, 0.1) is 23.0 Å². The third kappa shape index (κ3) is 5.74. The van der Waals surface area contributed by atoms with Crippen molar-refractivity contribution in [2.24, 2.45) is 0 Å². The Morgan fingerprint density at radius 3 is 2.57 bits per heavy atom. The monoisotopic (exact) mass is 496 g/mol. The van der Waals surface area contributed by atoms with Crippen molar-refractivity contribution in [3.63, 3.8) is 0 Å². The van der Waals surface area contributed by atoms with E-state index in [9.17, 15) is 22.0 Å². The van der Waals surface area contributed by atoms with E-state index in [4.69, 9.17) is 10.00 Å². The second-order valence-electron chi connectivity index (χ2n) is 7.63. The Labute approximate surface area is 199 Å². The molecule has 0 fully saturated rings. The smallest absolute Gasteiger partial charge is 0.272 e. The van der Waals surface area contributed by atoms with E-state index in [0.717, 1.165) is 18.4 Å². The Morgan fingerprint density at radius 2 is 1.86 bits per heavy atom. The number of amides is 1. The summed E-state index contributed by atoms with van der Waals surface area (Å²) in [6, 6.07) is 15.7. The summed E-state index contributed by atoms with van der Waals surface area (Å²) in [5.74, 6) is -1.85. The Kier molecular flexibility index (Phi) is 6.40. The molecule has 4 aromatic rings. The standard InChI is InChI=1S/C24H18F2N4O4S/c1-35(32,33)30-17-4-2-14-10-23(29-22(14)13-17)24(31)28-18-8-15(9-19(12-18)34-7-6-27)20-5-3-16(25)11-21(20)26/h2-5,8-13,29-30H,7H2,1H3,(H,28,31). The number of ether oxygens (including phenoxy) is 1. The number of nitrogens with zero attached hydrogens (tertiary/aromatic N) is 1. The number of H-pyrrole nitrogens is 1. The van der Waals surface area contributed by atoms with E-state index in [1.807, 2.05) is 6.07 Å². The Balaban J connectivity index is 1.65. The lowest BCUT2D eigenvalue weighted by atomic mass is 10.0. The number of nitriles is 1. The molecule has 0 bridgehead atoms. The second kappa shape index (κ2) is 9.44. The topological polar surface area (TPSA) is 124 Å². The predicted molar refractivity (Wildman–Crippen MR) is 128 cm³/mol. The summed E-state index contributed by atoms with van der Waals surface area (Å²) in [6.45, 7) is -0.269. The van der Waals surface area contributed by atoms with Crippen molar-refractivity contribution in [3.8, 4) is 22.9 Å². The maximum absolute atomic E-state index is 14.4. The van der Waals surface area contributed by atoms with Gasteiger partial charge in [0, 0.05) is 34.3 Å². The molecule has 3 aromatic carbocycles. The molecule has 0 aliphatic heterocycles. The Bertz CT molecular complexity index is 1590. The van der Waals surface area contributed by atoms with Crippen molar-refractivity contribution >= 4 is 38.2 Å². The number of aromatic amines is 1. The molecule has 0 spiro atoms. The highest BCUT2D eigenvalue weighted by molar-refractivity contribution is 7.92. The van der Waals surface area contributed by atoms with E-state index in [2.05, 4.69) is 15.0 Å². The van der Waals surface area contributed by atoms with E-state index in [1.54, 1.807) is 24.3 Å². The maximum Gasteiger partial charge on any atom is 0.272 e. The molecule has 0 aliphatic rings. The summed E-state index contributed by atoms with van der Waals surface area (Å²) >= 11 is 0. The molecule has 35 heavy (non-hydrogen) atoms. The minimum atomic E-state index is -3.46. The molecule has 0 unspecified atom stereocenters. The van der Waals surface area contributed by atoms with Gasteiger partial charge in [0.05, 0.1) is 11.9 Å². The van der Waals surface area contributed by atoms with Crippen molar-refractivity contribution in [1.29, 1.82) is 5.26 Å². The number of rotatable bonds is 7. The van der Waals surface area contributed by atoms with Crippen LogP contribution in [0.2, 0.25) is 0 Å². The number of nitrogens with one attached hydrogen (secondary N) is 3. The molecule has 1 amide bonds. The van der Waals surface area contributed by atoms with E-state index in [0.29, 0.717) is 22.2 Å². The predicted octanol–water partition coefficient (Wildman–Crippen LogP) is 4.64. The molecule has 1 heterocycles. The number of fused-ring (bicyclic) bond motifs is 1. The largest absolute Gasteiger partial charge is 0.479 e. The van der Waals surface area contributed by atoms with Gasteiger partial charge in [0.25, 0.3) is 5.91 Å². The molecule has 11 heteroatoms. The molecular weight excluding hydrogens is 478 g/mol. The summed E-state index contributed by atoms with van der Waals surface area (Å²) in [6.07, 6.45) is 1.03. The van der Waals surface area contributed by atoms with Crippen LogP contribution in [0.5, 0.6) is 5.75 Å². The SMILES string of the molecule is CS(=O)(=O)Nc1ccc2cc(C(=O)Nc3cc(OCC#N)cc(-c4ccc(F)cc4F)c3)[nH]c2c1. The van der Waals surface area contributed by atoms with Gasteiger partial charge in [-0.3, -0.25) is 9.52 Å². The molecule has 0 radical (unpaired) electrons. The van der Waals surface area contributed by atoms with E-state index in [-0.39, 0.29) is 29.3 Å². The highest BCUT2D eigenvalue weighted by Crippen LogP contribution is 2.31. The van der Waals surface area contributed by atoms with Gasteiger partial charge in [-0.05, 0) is 48.0 Å². The first kappa shape index (κ1) is 23.7. The van der Waals surface area contributed by atoms with Gasteiger partial charge in [-0.2, -0.15) is 5.26 Å². The van der Waals surface area contributed by atoms with Gasteiger partial charge < -0.3 is 15.0 Å². The summed E-state index contributed by atoms with van der Waals surface area (Å²) in [7, 11) is -3.46. The molecular formula is C24H18F2N4O4S. The van der Waals surface area contributed by atoms with Crippen molar-refractivity contribution in [2.75, 3.05) is 22.9 Å². The fraction of sp³-hybridized carbons (Fsp3) is 0.0833.